The molecule has 2 amide bonds. The molecular weight excluding hydrogens is 463 g/mol. The molecule has 1 N–H and O–H groups in total. The zero-order valence-corrected chi connectivity index (χ0v) is 20.3. The molecule has 0 aliphatic carbocycles. The Balaban J connectivity index is 0.00000256. The van der Waals surface area contributed by atoms with Crippen molar-refractivity contribution in [1.82, 2.24) is 40.6 Å². The molecule has 1 fully saturated rings. The quantitative estimate of drug-likeness (QED) is 0.232. The van der Waals surface area contributed by atoms with Gasteiger partial charge in [-0.15, -0.1) is 27.1 Å². The Morgan fingerprint density at radius 1 is 1.40 bits per heavy atom. The van der Waals surface area contributed by atoms with Crippen molar-refractivity contribution in [1.29, 1.82) is 0 Å². The van der Waals surface area contributed by atoms with Gasteiger partial charge < -0.3 is 15.2 Å². The molecule has 0 saturated carbocycles. The zero-order chi connectivity index (χ0) is 20.5. The number of aliphatic carboxylic acids is 1. The number of nitrogens with one attached hydrogen (secondary N) is 1. The molecule has 4 heterocycles. The Bertz CT molecular complexity index is 997. The monoisotopic (exact) mass is 476 g/mol. The molecule has 2 atom stereocenters. The number of thioether (sulfide) groups is 2. The van der Waals surface area contributed by atoms with Crippen LogP contribution in [-0.4, -0.2) is 76.0 Å². The van der Waals surface area contributed by atoms with E-state index in [1.165, 1.54) is 50.8 Å². The topological polar surface area (TPSA) is 159 Å². The van der Waals surface area contributed by atoms with Gasteiger partial charge in [-0.3, -0.25) is 14.5 Å². The summed E-state index contributed by atoms with van der Waals surface area (Å²) in [4.78, 5) is 37.6. The molecule has 0 aromatic carbocycles. The molecule has 2 aliphatic rings. The van der Waals surface area contributed by atoms with Gasteiger partial charge in [0.1, 0.15) is 29.3 Å². The Labute approximate surface area is 204 Å². The van der Waals surface area contributed by atoms with Gasteiger partial charge in [0.2, 0.25) is 5.91 Å². The van der Waals surface area contributed by atoms with Crippen LogP contribution >= 0.6 is 34.9 Å². The first-order chi connectivity index (χ1) is 13.9. The number of carboxylic acids is 1. The van der Waals surface area contributed by atoms with E-state index in [1.54, 1.807) is 0 Å². The minimum Gasteiger partial charge on any atom is -0.543 e. The minimum absolute atomic E-state index is 0. The van der Waals surface area contributed by atoms with Crippen molar-refractivity contribution in [3.05, 3.63) is 22.6 Å². The number of amides is 2. The van der Waals surface area contributed by atoms with Crippen molar-refractivity contribution >= 4 is 52.6 Å². The molecule has 1 saturated heterocycles. The molecule has 2 aromatic heterocycles. The fourth-order valence-electron chi connectivity index (χ4n) is 2.89. The minimum atomic E-state index is -1.41. The maximum atomic E-state index is 12.6. The van der Waals surface area contributed by atoms with Gasteiger partial charge in [-0.25, -0.2) is 4.68 Å². The molecule has 2 aromatic rings. The van der Waals surface area contributed by atoms with Crippen LogP contribution in [0.3, 0.4) is 0 Å². The van der Waals surface area contributed by atoms with Gasteiger partial charge in [0, 0.05) is 11.5 Å². The van der Waals surface area contributed by atoms with Crippen LogP contribution in [0.15, 0.2) is 21.9 Å². The predicted octanol–water partition coefficient (Wildman–Crippen LogP) is -4.97. The molecule has 16 heteroatoms. The number of fused-ring (bicyclic) bond motifs is 1. The number of aryl methyl sites for hydroxylation is 1. The number of aromatic nitrogens is 6. The number of tetrazole rings is 1. The van der Waals surface area contributed by atoms with Crippen molar-refractivity contribution in [3.63, 3.8) is 0 Å². The summed E-state index contributed by atoms with van der Waals surface area (Å²) in [5.74, 6) is -1.57. The van der Waals surface area contributed by atoms with Crippen molar-refractivity contribution in [2.24, 2.45) is 0 Å². The Kier molecular flexibility index (Phi) is 7.52. The van der Waals surface area contributed by atoms with Crippen LogP contribution in [0.4, 0.5) is 0 Å². The first-order valence-electron chi connectivity index (χ1n) is 8.25. The summed E-state index contributed by atoms with van der Waals surface area (Å²) in [5.41, 5.74) is 0.453. The number of β-lactam (4-membered cyclic amide) rings is 1. The zero-order valence-electron chi connectivity index (χ0n) is 15.8. The van der Waals surface area contributed by atoms with E-state index >= 15 is 0 Å². The second kappa shape index (κ2) is 9.74. The van der Waals surface area contributed by atoms with E-state index in [4.69, 9.17) is 0 Å². The third-order valence-electron chi connectivity index (χ3n) is 4.13. The molecule has 0 radical (unpaired) electrons. The molecule has 0 bridgehead atoms. The maximum absolute atomic E-state index is 12.6. The van der Waals surface area contributed by atoms with Crippen molar-refractivity contribution < 1.29 is 49.0 Å². The van der Waals surface area contributed by atoms with Crippen LogP contribution in [0.2, 0.25) is 0 Å². The van der Waals surface area contributed by atoms with Crippen LogP contribution < -0.4 is 40.0 Å². The van der Waals surface area contributed by atoms with Crippen LogP contribution in [0, 0.1) is 6.92 Å². The largest absolute Gasteiger partial charge is 1.00 e. The van der Waals surface area contributed by atoms with Crippen molar-refractivity contribution in [2.75, 3.05) is 11.5 Å². The van der Waals surface area contributed by atoms with Gasteiger partial charge in [0.15, 0.2) is 4.34 Å². The summed E-state index contributed by atoms with van der Waals surface area (Å²) in [5, 5.41) is 33.1. The summed E-state index contributed by atoms with van der Waals surface area (Å²) >= 11 is 4.17. The molecule has 30 heavy (non-hydrogen) atoms. The fourth-order valence-corrected chi connectivity index (χ4v) is 6.19. The Morgan fingerprint density at radius 2 is 2.20 bits per heavy atom. The molecule has 2 aliphatic heterocycles. The normalized spacial score (nSPS) is 20.3. The van der Waals surface area contributed by atoms with Gasteiger partial charge >= 0.3 is 29.6 Å². The van der Waals surface area contributed by atoms with Crippen molar-refractivity contribution in [2.45, 2.75) is 29.2 Å². The number of carbonyl (C=O) groups excluding carboxylic acids is 3. The fraction of sp³-hybridized carbons (Fsp3) is 0.429. The molecule has 152 valence electrons. The maximum Gasteiger partial charge on any atom is 1.00 e. The smallest absolute Gasteiger partial charge is 0.543 e. The third-order valence-corrected chi connectivity index (χ3v) is 7.53. The van der Waals surface area contributed by atoms with E-state index in [1.807, 2.05) is 6.92 Å². The Hall–Kier alpha value is -1.52. The van der Waals surface area contributed by atoms with Gasteiger partial charge in [0.05, 0.1) is 11.7 Å². The summed E-state index contributed by atoms with van der Waals surface area (Å²) in [6, 6.07) is -0.807. The van der Waals surface area contributed by atoms with Crippen LogP contribution in [0.25, 0.3) is 0 Å². The van der Waals surface area contributed by atoms with E-state index in [0.717, 1.165) is 9.35 Å². The summed E-state index contributed by atoms with van der Waals surface area (Å²) in [6.45, 7) is 1.70. The number of nitrogens with zero attached hydrogens (tertiary/aromatic N) is 7. The van der Waals surface area contributed by atoms with E-state index in [0.29, 0.717) is 17.1 Å². The van der Waals surface area contributed by atoms with Crippen LogP contribution in [-0.2, 0) is 20.9 Å². The van der Waals surface area contributed by atoms with Crippen LogP contribution in [0.5, 0.6) is 0 Å². The van der Waals surface area contributed by atoms with Crippen molar-refractivity contribution in [3.8, 4) is 0 Å². The first-order valence-corrected chi connectivity index (χ1v) is 11.1. The number of rotatable bonds is 7. The van der Waals surface area contributed by atoms with Gasteiger partial charge in [-0.2, -0.15) is 0 Å². The molecular formula is C14H13N8NaO4S3. The van der Waals surface area contributed by atoms with Gasteiger partial charge in [-0.1, -0.05) is 23.1 Å². The second-order valence-electron chi connectivity index (χ2n) is 6.08. The number of hydrogen-bond donors (Lipinski definition) is 1. The van der Waals surface area contributed by atoms with E-state index in [9.17, 15) is 19.5 Å². The summed E-state index contributed by atoms with van der Waals surface area (Å²) < 4.78 is 1.95. The van der Waals surface area contributed by atoms with E-state index < -0.39 is 29.2 Å². The summed E-state index contributed by atoms with van der Waals surface area (Å²) in [7, 11) is 0. The Morgan fingerprint density at radius 3 is 2.83 bits per heavy atom. The van der Waals surface area contributed by atoms with E-state index in [-0.39, 0.29) is 41.8 Å². The predicted molar refractivity (Wildman–Crippen MR) is 100 cm³/mol. The second-order valence-corrected chi connectivity index (χ2v) is 9.59. The molecule has 0 spiro atoms. The first kappa shape index (κ1) is 23.1. The number of carboxylic acid groups (broad SMARTS) is 1. The average molecular weight is 477 g/mol. The molecule has 1 unspecified atom stereocenters. The SMILES string of the molecule is Cc1nnc(SCC2=C(C(=O)[O-])N3C(=O)C(NC(=O)Cn4cnnn4)[C@@H]3SC2)s1.[Na+]. The number of carbonyl (C=O) groups is 3. The van der Waals surface area contributed by atoms with Crippen LogP contribution in [0.1, 0.15) is 5.01 Å². The van der Waals surface area contributed by atoms with Gasteiger partial charge in [0.25, 0.3) is 5.91 Å². The molecule has 4 rings (SSSR count). The average Bonchev–Trinajstić information content (AvgIpc) is 3.35. The van der Waals surface area contributed by atoms with E-state index in [2.05, 4.69) is 31.0 Å². The standard InChI is InChI=1S/C14H14N8O4S3.Na/c1-6-17-18-14(29-6)28-4-7-3-27-12-9(11(24)22(12)10(7)13(25)26)16-8(23)2-21-5-15-19-20-21;/h5,9,12H,2-4H2,1H3,(H,16,23)(H,25,26);/q;+1/p-1/t9?,12-;/m0./s1. The summed E-state index contributed by atoms with van der Waals surface area (Å²) in [6.07, 6.45) is 1.28. The van der Waals surface area contributed by atoms with Gasteiger partial charge in [-0.05, 0) is 22.9 Å². The number of hydrogen-bond acceptors (Lipinski definition) is 12. The molecule has 12 nitrogen and oxygen atoms in total. The third kappa shape index (κ3) is 4.70.